The third-order valence-corrected chi connectivity index (χ3v) is 8.09. The van der Waals surface area contributed by atoms with Crippen molar-refractivity contribution in [2.45, 2.75) is 29.7 Å². The van der Waals surface area contributed by atoms with Gasteiger partial charge < -0.3 is 5.32 Å². The first-order valence-electron chi connectivity index (χ1n) is 10.2. The fraction of sp³-hybridized carbons (Fsp3) is 0.208. The zero-order valence-electron chi connectivity index (χ0n) is 18.6. The molecule has 0 spiro atoms. The highest BCUT2D eigenvalue weighted by Crippen LogP contribution is 2.26. The van der Waals surface area contributed by atoms with Crippen LogP contribution in [0.15, 0.2) is 88.7 Å². The number of nitrogens with one attached hydrogen (secondary N) is 1. The number of anilines is 1. The fourth-order valence-corrected chi connectivity index (χ4v) is 5.50. The van der Waals surface area contributed by atoms with E-state index in [9.17, 15) is 21.6 Å². The van der Waals surface area contributed by atoms with E-state index in [-0.39, 0.29) is 9.79 Å². The first kappa shape index (κ1) is 24.5. The van der Waals surface area contributed by atoms with Gasteiger partial charge in [0.1, 0.15) is 6.54 Å². The maximum atomic E-state index is 13.4. The number of hydrogen-bond acceptors (Lipinski definition) is 5. The lowest BCUT2D eigenvalue weighted by molar-refractivity contribution is -0.120. The Balaban J connectivity index is 1.86. The van der Waals surface area contributed by atoms with Gasteiger partial charge in [0, 0.05) is 6.26 Å². The zero-order chi connectivity index (χ0) is 24.2. The topological polar surface area (TPSA) is 101 Å². The molecule has 0 unspecified atom stereocenters. The van der Waals surface area contributed by atoms with Gasteiger partial charge in [-0.15, -0.1) is 0 Å². The van der Waals surface area contributed by atoms with Crippen LogP contribution < -0.4 is 9.62 Å². The fourth-order valence-electron chi connectivity index (χ4n) is 3.37. The van der Waals surface area contributed by atoms with E-state index in [0.717, 1.165) is 10.6 Å². The van der Waals surface area contributed by atoms with Crippen molar-refractivity contribution < 1.29 is 21.6 Å². The van der Waals surface area contributed by atoms with Gasteiger partial charge in [0.25, 0.3) is 10.0 Å². The molecule has 0 fully saturated rings. The first-order chi connectivity index (χ1) is 15.5. The van der Waals surface area contributed by atoms with Gasteiger partial charge in [-0.05, 0) is 55.3 Å². The van der Waals surface area contributed by atoms with Crippen LogP contribution in [-0.4, -0.2) is 35.5 Å². The molecule has 1 N–H and O–H groups in total. The Morgan fingerprint density at radius 2 is 1.42 bits per heavy atom. The molecule has 0 saturated heterocycles. The Bertz CT molecular complexity index is 1340. The molecule has 7 nitrogen and oxygen atoms in total. The van der Waals surface area contributed by atoms with Crippen molar-refractivity contribution in [3.8, 4) is 0 Å². The Hall–Kier alpha value is -3.17. The number of amides is 1. The predicted molar refractivity (Wildman–Crippen MR) is 128 cm³/mol. The highest BCUT2D eigenvalue weighted by atomic mass is 32.2. The Morgan fingerprint density at radius 1 is 0.848 bits per heavy atom. The molecule has 0 aliphatic rings. The molecule has 1 atom stereocenters. The Kier molecular flexibility index (Phi) is 7.24. The maximum absolute atomic E-state index is 13.4. The van der Waals surface area contributed by atoms with Crippen molar-refractivity contribution in [2.24, 2.45) is 0 Å². The van der Waals surface area contributed by atoms with Gasteiger partial charge in [-0.3, -0.25) is 9.10 Å². The summed E-state index contributed by atoms with van der Waals surface area (Å²) in [6, 6.07) is 20.7. The van der Waals surface area contributed by atoms with Crippen LogP contribution in [0.1, 0.15) is 24.1 Å². The van der Waals surface area contributed by atoms with Gasteiger partial charge in [0.05, 0.1) is 21.5 Å². The van der Waals surface area contributed by atoms with Crippen LogP contribution in [0.5, 0.6) is 0 Å². The molecule has 0 heterocycles. The van der Waals surface area contributed by atoms with Crippen LogP contribution in [-0.2, 0) is 24.7 Å². The number of carbonyl (C=O) groups is 1. The van der Waals surface area contributed by atoms with Crippen molar-refractivity contribution in [3.63, 3.8) is 0 Å². The second-order valence-electron chi connectivity index (χ2n) is 7.74. The van der Waals surface area contributed by atoms with E-state index in [2.05, 4.69) is 5.32 Å². The Labute approximate surface area is 195 Å². The smallest absolute Gasteiger partial charge is 0.264 e. The molecule has 0 bridgehead atoms. The molecule has 0 radical (unpaired) electrons. The van der Waals surface area contributed by atoms with Crippen molar-refractivity contribution in [1.29, 1.82) is 0 Å². The number of nitrogens with zero attached hydrogens (tertiary/aromatic N) is 1. The van der Waals surface area contributed by atoms with E-state index >= 15 is 0 Å². The molecular formula is C24H26N2O5S2. The number of aryl methyl sites for hydroxylation is 1. The summed E-state index contributed by atoms with van der Waals surface area (Å²) < 4.78 is 51.2. The summed E-state index contributed by atoms with van der Waals surface area (Å²) in [7, 11) is -7.31. The average molecular weight is 487 g/mol. The lowest BCUT2D eigenvalue weighted by atomic mass is 10.1. The van der Waals surface area contributed by atoms with Crippen LogP contribution in [0.2, 0.25) is 0 Å². The normalized spacial score (nSPS) is 12.7. The second-order valence-corrected chi connectivity index (χ2v) is 11.6. The highest BCUT2D eigenvalue weighted by molar-refractivity contribution is 7.93. The summed E-state index contributed by atoms with van der Waals surface area (Å²) >= 11 is 0. The minimum atomic E-state index is -3.99. The lowest BCUT2D eigenvalue weighted by Gasteiger charge is -2.26. The molecule has 3 aromatic carbocycles. The van der Waals surface area contributed by atoms with Crippen molar-refractivity contribution >= 4 is 31.5 Å². The van der Waals surface area contributed by atoms with Crippen molar-refractivity contribution in [3.05, 3.63) is 90.0 Å². The molecule has 1 amide bonds. The number of sulfonamides is 1. The minimum absolute atomic E-state index is 0.0884. The molecule has 9 heteroatoms. The Morgan fingerprint density at radius 3 is 2.00 bits per heavy atom. The highest BCUT2D eigenvalue weighted by Gasteiger charge is 2.28. The van der Waals surface area contributed by atoms with Gasteiger partial charge >= 0.3 is 0 Å². The summed E-state index contributed by atoms with van der Waals surface area (Å²) in [5, 5.41) is 2.80. The quantitative estimate of drug-likeness (QED) is 0.525. The van der Waals surface area contributed by atoms with E-state index in [1.54, 1.807) is 68.4 Å². The molecule has 0 aliphatic heterocycles. The van der Waals surface area contributed by atoms with Crippen molar-refractivity contribution in [1.82, 2.24) is 5.32 Å². The number of hydrogen-bond donors (Lipinski definition) is 1. The zero-order valence-corrected chi connectivity index (χ0v) is 20.2. The van der Waals surface area contributed by atoms with Gasteiger partial charge in [0.2, 0.25) is 5.91 Å². The van der Waals surface area contributed by atoms with E-state index in [1.165, 1.54) is 24.3 Å². The SMILES string of the molecule is Cc1ccccc1N(CC(=O)N[C@@H](C)c1ccc(S(C)(=O)=O)cc1)S(=O)(=O)c1ccccc1. The standard InChI is InChI=1S/C24H26N2O5S2/c1-18-9-7-8-12-23(18)26(33(30,31)22-10-5-4-6-11-22)17-24(27)25-19(2)20-13-15-21(16-14-20)32(3,28)29/h4-16,19H,17H2,1-3H3,(H,25,27)/t19-/m0/s1. The van der Waals surface area contributed by atoms with Crippen molar-refractivity contribution in [2.75, 3.05) is 17.1 Å². The molecular weight excluding hydrogens is 460 g/mol. The third-order valence-electron chi connectivity index (χ3n) is 5.19. The van der Waals surface area contributed by atoms with Crippen LogP contribution in [0.4, 0.5) is 5.69 Å². The molecule has 0 aromatic heterocycles. The molecule has 3 aromatic rings. The van der Waals surface area contributed by atoms with Crippen LogP contribution >= 0.6 is 0 Å². The number of benzene rings is 3. The summed E-state index contributed by atoms with van der Waals surface area (Å²) in [5.41, 5.74) is 1.83. The van der Waals surface area contributed by atoms with Crippen LogP contribution in [0.3, 0.4) is 0 Å². The molecule has 0 aliphatic carbocycles. The van der Waals surface area contributed by atoms with E-state index < -0.39 is 38.4 Å². The third kappa shape index (κ3) is 5.80. The molecule has 3 rings (SSSR count). The van der Waals surface area contributed by atoms with E-state index in [4.69, 9.17) is 0 Å². The summed E-state index contributed by atoms with van der Waals surface area (Å²) in [6.07, 6.45) is 1.13. The molecule has 0 saturated carbocycles. The number of sulfone groups is 1. The maximum Gasteiger partial charge on any atom is 0.264 e. The number of carbonyl (C=O) groups excluding carboxylic acids is 1. The van der Waals surface area contributed by atoms with Gasteiger partial charge in [-0.25, -0.2) is 16.8 Å². The monoisotopic (exact) mass is 486 g/mol. The second kappa shape index (κ2) is 9.76. The summed E-state index contributed by atoms with van der Waals surface area (Å²) in [6.45, 7) is 3.12. The number of rotatable bonds is 8. The average Bonchev–Trinajstić information content (AvgIpc) is 2.78. The van der Waals surface area contributed by atoms with E-state index in [1.807, 2.05) is 0 Å². The predicted octanol–water partition coefficient (Wildman–Crippen LogP) is 3.47. The largest absolute Gasteiger partial charge is 0.348 e. The number of para-hydroxylation sites is 1. The van der Waals surface area contributed by atoms with Gasteiger partial charge in [-0.1, -0.05) is 48.5 Å². The van der Waals surface area contributed by atoms with E-state index in [0.29, 0.717) is 16.8 Å². The van der Waals surface area contributed by atoms with Gasteiger partial charge in [-0.2, -0.15) is 0 Å². The van der Waals surface area contributed by atoms with Crippen LogP contribution in [0, 0.1) is 6.92 Å². The molecule has 174 valence electrons. The summed E-state index contributed by atoms with van der Waals surface area (Å²) in [5.74, 6) is -0.488. The summed E-state index contributed by atoms with van der Waals surface area (Å²) in [4.78, 5) is 13.2. The molecule has 33 heavy (non-hydrogen) atoms. The lowest BCUT2D eigenvalue weighted by Crippen LogP contribution is -2.41. The van der Waals surface area contributed by atoms with Crippen LogP contribution in [0.25, 0.3) is 0 Å². The van der Waals surface area contributed by atoms with Gasteiger partial charge in [0.15, 0.2) is 9.84 Å². The minimum Gasteiger partial charge on any atom is -0.348 e. The first-order valence-corrected chi connectivity index (χ1v) is 13.6.